The molecule has 1 aromatic heterocycles. The summed E-state index contributed by atoms with van der Waals surface area (Å²) < 4.78 is 5.68. The van der Waals surface area contributed by atoms with Crippen molar-refractivity contribution in [3.63, 3.8) is 0 Å². The highest BCUT2D eigenvalue weighted by Gasteiger charge is 2.16. The van der Waals surface area contributed by atoms with Crippen molar-refractivity contribution in [3.8, 4) is 5.75 Å². The largest absolute Gasteiger partial charge is 0.484 e. The SMILES string of the molecule is CCCN(Cc1nc2cc(Cl)ccc2c(=O)[nH]1)C(=O)COc1ccc(C(C)C)cc1. The fraction of sp³-hybridized carbons (Fsp3) is 0.348. The molecule has 0 aliphatic rings. The molecule has 0 saturated carbocycles. The Morgan fingerprint density at radius 1 is 1.20 bits per heavy atom. The molecule has 1 amide bonds. The quantitative estimate of drug-likeness (QED) is 0.573. The first kappa shape index (κ1) is 21.8. The Balaban J connectivity index is 1.71. The van der Waals surface area contributed by atoms with Gasteiger partial charge in [-0.05, 0) is 48.2 Å². The predicted octanol–water partition coefficient (Wildman–Crippen LogP) is 4.52. The number of hydrogen-bond donors (Lipinski definition) is 1. The molecule has 3 aromatic rings. The van der Waals surface area contributed by atoms with Crippen LogP contribution in [-0.2, 0) is 11.3 Å². The number of amides is 1. The molecule has 0 fully saturated rings. The Morgan fingerprint density at radius 3 is 2.60 bits per heavy atom. The second-order valence-corrected chi connectivity index (χ2v) is 7.94. The average Bonchev–Trinajstić information content (AvgIpc) is 2.71. The molecule has 0 spiro atoms. The van der Waals surface area contributed by atoms with Crippen LogP contribution in [0.25, 0.3) is 10.9 Å². The minimum absolute atomic E-state index is 0.0787. The van der Waals surface area contributed by atoms with E-state index in [-0.39, 0.29) is 24.6 Å². The highest BCUT2D eigenvalue weighted by atomic mass is 35.5. The summed E-state index contributed by atoms with van der Waals surface area (Å²) in [5.74, 6) is 1.33. The van der Waals surface area contributed by atoms with E-state index in [0.29, 0.717) is 40.0 Å². The van der Waals surface area contributed by atoms with Crippen molar-refractivity contribution < 1.29 is 9.53 Å². The first-order valence-corrected chi connectivity index (χ1v) is 10.4. The molecule has 2 aromatic carbocycles. The van der Waals surface area contributed by atoms with Gasteiger partial charge in [0.2, 0.25) is 0 Å². The number of fused-ring (bicyclic) bond motifs is 1. The van der Waals surface area contributed by atoms with Gasteiger partial charge in [-0.2, -0.15) is 0 Å². The zero-order chi connectivity index (χ0) is 21.7. The maximum Gasteiger partial charge on any atom is 0.260 e. The zero-order valence-corrected chi connectivity index (χ0v) is 18.2. The lowest BCUT2D eigenvalue weighted by Gasteiger charge is -2.22. The fourth-order valence-corrected chi connectivity index (χ4v) is 3.33. The van der Waals surface area contributed by atoms with Gasteiger partial charge in [0.25, 0.3) is 11.5 Å². The molecule has 6 nitrogen and oxygen atoms in total. The number of nitrogens with one attached hydrogen (secondary N) is 1. The number of carbonyl (C=O) groups is 1. The maximum absolute atomic E-state index is 12.7. The minimum atomic E-state index is -0.253. The Kier molecular flexibility index (Phi) is 7.11. The molecule has 0 aliphatic heterocycles. The van der Waals surface area contributed by atoms with Crippen LogP contribution in [0.15, 0.2) is 47.3 Å². The third-order valence-electron chi connectivity index (χ3n) is 4.81. The van der Waals surface area contributed by atoms with Crippen LogP contribution >= 0.6 is 11.6 Å². The van der Waals surface area contributed by atoms with Crippen LogP contribution in [-0.4, -0.2) is 33.9 Å². The predicted molar refractivity (Wildman–Crippen MR) is 119 cm³/mol. The molecule has 0 aliphatic carbocycles. The Bertz CT molecular complexity index is 1080. The normalized spacial score (nSPS) is 11.1. The number of aromatic amines is 1. The van der Waals surface area contributed by atoms with Crippen LogP contribution in [0.1, 0.15) is 44.5 Å². The highest BCUT2D eigenvalue weighted by molar-refractivity contribution is 6.31. The topological polar surface area (TPSA) is 75.3 Å². The number of nitrogens with zero attached hydrogens (tertiary/aromatic N) is 2. The van der Waals surface area contributed by atoms with E-state index in [4.69, 9.17) is 16.3 Å². The monoisotopic (exact) mass is 427 g/mol. The van der Waals surface area contributed by atoms with Crippen LogP contribution in [0.5, 0.6) is 5.75 Å². The van der Waals surface area contributed by atoms with E-state index < -0.39 is 0 Å². The molecular weight excluding hydrogens is 402 g/mol. The standard InChI is InChI=1S/C23H26ClN3O3/c1-4-11-27(22(28)14-30-18-8-5-16(6-9-18)15(2)3)13-21-25-20-12-17(24)7-10-19(20)23(29)26-21/h5-10,12,15H,4,11,13-14H2,1-3H3,(H,25,26,29). The summed E-state index contributed by atoms with van der Waals surface area (Å²) in [6.07, 6.45) is 0.776. The molecule has 3 rings (SSSR count). The summed E-state index contributed by atoms with van der Waals surface area (Å²) in [4.78, 5) is 34.0. The molecule has 1 N–H and O–H groups in total. The van der Waals surface area contributed by atoms with E-state index in [0.717, 1.165) is 6.42 Å². The molecule has 0 atom stereocenters. The Hall–Kier alpha value is -2.86. The van der Waals surface area contributed by atoms with Crippen molar-refractivity contribution in [2.75, 3.05) is 13.2 Å². The molecule has 0 bridgehead atoms. The van der Waals surface area contributed by atoms with Crippen molar-refractivity contribution in [2.24, 2.45) is 0 Å². The first-order chi connectivity index (χ1) is 14.4. The second kappa shape index (κ2) is 9.76. The van der Waals surface area contributed by atoms with Crippen LogP contribution < -0.4 is 10.3 Å². The fourth-order valence-electron chi connectivity index (χ4n) is 3.16. The third kappa shape index (κ3) is 5.39. The van der Waals surface area contributed by atoms with Gasteiger partial charge < -0.3 is 14.6 Å². The van der Waals surface area contributed by atoms with E-state index in [1.165, 1.54) is 5.56 Å². The van der Waals surface area contributed by atoms with Gasteiger partial charge in [0.15, 0.2) is 6.61 Å². The maximum atomic E-state index is 12.7. The summed E-state index contributed by atoms with van der Waals surface area (Å²) in [5.41, 5.74) is 1.47. The lowest BCUT2D eigenvalue weighted by atomic mass is 10.0. The number of rotatable bonds is 8. The number of carbonyl (C=O) groups excluding carboxylic acids is 1. The van der Waals surface area contributed by atoms with Gasteiger partial charge in [0.05, 0.1) is 17.4 Å². The van der Waals surface area contributed by atoms with Gasteiger partial charge in [-0.25, -0.2) is 4.98 Å². The number of H-pyrrole nitrogens is 1. The first-order valence-electron chi connectivity index (χ1n) is 10.1. The average molecular weight is 428 g/mol. The number of benzene rings is 2. The zero-order valence-electron chi connectivity index (χ0n) is 17.4. The van der Waals surface area contributed by atoms with Gasteiger partial charge in [0, 0.05) is 11.6 Å². The Labute approximate surface area is 180 Å². The number of ether oxygens (including phenoxy) is 1. The molecule has 30 heavy (non-hydrogen) atoms. The molecule has 7 heteroatoms. The summed E-state index contributed by atoms with van der Waals surface area (Å²) >= 11 is 6.02. The number of halogens is 1. The lowest BCUT2D eigenvalue weighted by molar-refractivity contribution is -0.134. The summed E-state index contributed by atoms with van der Waals surface area (Å²) in [5, 5.41) is 0.967. The van der Waals surface area contributed by atoms with Crippen LogP contribution in [0.4, 0.5) is 0 Å². The van der Waals surface area contributed by atoms with E-state index in [1.807, 2.05) is 31.2 Å². The number of hydrogen-bond acceptors (Lipinski definition) is 4. The van der Waals surface area contributed by atoms with Crippen molar-refractivity contribution >= 4 is 28.4 Å². The van der Waals surface area contributed by atoms with Crippen LogP contribution in [0, 0.1) is 0 Å². The smallest absolute Gasteiger partial charge is 0.260 e. The van der Waals surface area contributed by atoms with E-state index >= 15 is 0 Å². The third-order valence-corrected chi connectivity index (χ3v) is 5.05. The van der Waals surface area contributed by atoms with Crippen LogP contribution in [0.2, 0.25) is 5.02 Å². The summed E-state index contributed by atoms with van der Waals surface area (Å²) in [6, 6.07) is 12.7. The van der Waals surface area contributed by atoms with E-state index in [9.17, 15) is 9.59 Å². The van der Waals surface area contributed by atoms with E-state index in [1.54, 1.807) is 23.1 Å². The molecule has 1 heterocycles. The van der Waals surface area contributed by atoms with Gasteiger partial charge in [-0.3, -0.25) is 9.59 Å². The van der Waals surface area contributed by atoms with Crippen molar-refractivity contribution in [1.29, 1.82) is 0 Å². The van der Waals surface area contributed by atoms with Gasteiger partial charge in [-0.1, -0.05) is 44.5 Å². The number of aromatic nitrogens is 2. The van der Waals surface area contributed by atoms with Crippen molar-refractivity contribution in [1.82, 2.24) is 14.9 Å². The highest BCUT2D eigenvalue weighted by Crippen LogP contribution is 2.19. The molecule has 0 unspecified atom stereocenters. The van der Waals surface area contributed by atoms with Gasteiger partial charge in [-0.15, -0.1) is 0 Å². The molecule has 0 radical (unpaired) electrons. The molecular formula is C23H26ClN3O3. The second-order valence-electron chi connectivity index (χ2n) is 7.50. The van der Waals surface area contributed by atoms with E-state index in [2.05, 4.69) is 23.8 Å². The molecule has 0 saturated heterocycles. The van der Waals surface area contributed by atoms with Gasteiger partial charge >= 0.3 is 0 Å². The minimum Gasteiger partial charge on any atom is -0.484 e. The van der Waals surface area contributed by atoms with Crippen molar-refractivity contribution in [3.05, 3.63) is 69.2 Å². The van der Waals surface area contributed by atoms with Crippen LogP contribution in [0.3, 0.4) is 0 Å². The summed E-state index contributed by atoms with van der Waals surface area (Å²) in [6.45, 7) is 6.89. The lowest BCUT2D eigenvalue weighted by Crippen LogP contribution is -2.36. The Morgan fingerprint density at radius 2 is 1.93 bits per heavy atom. The molecule has 158 valence electrons. The van der Waals surface area contributed by atoms with Crippen molar-refractivity contribution in [2.45, 2.75) is 39.7 Å². The van der Waals surface area contributed by atoms with Gasteiger partial charge in [0.1, 0.15) is 11.6 Å². The summed E-state index contributed by atoms with van der Waals surface area (Å²) in [7, 11) is 0.